The fraction of sp³-hybridized carbons (Fsp3) is 1.00. The summed E-state index contributed by atoms with van der Waals surface area (Å²) in [5.74, 6) is 2.35. The third-order valence-corrected chi connectivity index (χ3v) is 6.82. The van der Waals surface area contributed by atoms with E-state index in [0.717, 1.165) is 24.7 Å². The molecule has 0 aliphatic heterocycles. The van der Waals surface area contributed by atoms with Gasteiger partial charge >= 0.3 is 0 Å². The Morgan fingerprint density at radius 3 is 2.44 bits per heavy atom. The standard InChI is InChI=1S/C15H26O/c1-10-6-5-8-15(16)9-7-11-12(13(11,2)3)14(10,15)4/h10-12,16H,5-9H2,1-4H3/t10-,11-,12+,14-,15+/m0/s1. The Morgan fingerprint density at radius 2 is 1.75 bits per heavy atom. The van der Waals surface area contributed by atoms with Gasteiger partial charge in [-0.05, 0) is 48.9 Å². The number of rotatable bonds is 0. The van der Waals surface area contributed by atoms with Crippen LogP contribution in [-0.2, 0) is 0 Å². The SMILES string of the molecule is C[C@H]1CCC[C@@]2(O)CC[C@H]3[C@H](C3(C)C)[C@]12C. The van der Waals surface area contributed by atoms with Gasteiger partial charge in [-0.1, -0.05) is 34.1 Å². The third kappa shape index (κ3) is 1.02. The van der Waals surface area contributed by atoms with Crippen LogP contribution in [0.3, 0.4) is 0 Å². The fourth-order valence-electron chi connectivity index (χ4n) is 5.59. The molecule has 0 spiro atoms. The first-order valence-electron chi connectivity index (χ1n) is 7.06. The molecule has 1 nitrogen and oxygen atoms in total. The molecule has 0 radical (unpaired) electrons. The van der Waals surface area contributed by atoms with Gasteiger partial charge in [0, 0.05) is 5.41 Å². The van der Waals surface area contributed by atoms with Crippen molar-refractivity contribution in [2.75, 3.05) is 0 Å². The molecular weight excluding hydrogens is 196 g/mol. The topological polar surface area (TPSA) is 20.2 Å². The highest BCUT2D eigenvalue weighted by Crippen LogP contribution is 2.76. The van der Waals surface area contributed by atoms with E-state index in [4.69, 9.17) is 0 Å². The van der Waals surface area contributed by atoms with Crippen molar-refractivity contribution in [3.63, 3.8) is 0 Å². The smallest absolute Gasteiger partial charge is 0.0706 e. The molecule has 1 heteroatoms. The van der Waals surface area contributed by atoms with Crippen LogP contribution in [-0.4, -0.2) is 10.7 Å². The highest BCUT2D eigenvalue weighted by molar-refractivity contribution is 5.22. The van der Waals surface area contributed by atoms with Gasteiger partial charge in [0.05, 0.1) is 5.60 Å². The van der Waals surface area contributed by atoms with E-state index in [1.807, 2.05) is 0 Å². The van der Waals surface area contributed by atoms with Gasteiger partial charge in [-0.2, -0.15) is 0 Å². The second-order valence-corrected chi connectivity index (χ2v) is 7.55. The maximum Gasteiger partial charge on any atom is 0.0706 e. The van der Waals surface area contributed by atoms with E-state index in [0.29, 0.717) is 11.3 Å². The number of hydrogen-bond donors (Lipinski definition) is 1. The van der Waals surface area contributed by atoms with Crippen LogP contribution in [0.1, 0.15) is 59.8 Å². The van der Waals surface area contributed by atoms with E-state index in [-0.39, 0.29) is 11.0 Å². The molecule has 3 aliphatic rings. The Morgan fingerprint density at radius 1 is 1.06 bits per heavy atom. The van der Waals surface area contributed by atoms with Crippen molar-refractivity contribution in [2.45, 2.75) is 65.4 Å². The normalized spacial score (nSPS) is 58.7. The molecule has 0 aromatic heterocycles. The van der Waals surface area contributed by atoms with Crippen LogP contribution in [0.15, 0.2) is 0 Å². The van der Waals surface area contributed by atoms with E-state index < -0.39 is 0 Å². The van der Waals surface area contributed by atoms with E-state index in [9.17, 15) is 5.11 Å². The minimum absolute atomic E-state index is 0.192. The predicted octanol–water partition coefficient (Wildman–Crippen LogP) is 3.61. The lowest BCUT2D eigenvalue weighted by Crippen LogP contribution is -2.56. The molecule has 92 valence electrons. The maximum atomic E-state index is 11.0. The summed E-state index contributed by atoms with van der Waals surface area (Å²) in [7, 11) is 0. The molecule has 0 amide bonds. The van der Waals surface area contributed by atoms with Gasteiger partial charge in [-0.3, -0.25) is 0 Å². The van der Waals surface area contributed by atoms with Crippen LogP contribution >= 0.6 is 0 Å². The number of fused-ring (bicyclic) bond motifs is 3. The summed E-state index contributed by atoms with van der Waals surface area (Å²) >= 11 is 0. The van der Waals surface area contributed by atoms with Gasteiger partial charge in [0.2, 0.25) is 0 Å². The minimum atomic E-state index is -0.348. The summed E-state index contributed by atoms with van der Waals surface area (Å²) in [5, 5.41) is 11.0. The Balaban J connectivity index is 2.03. The Kier molecular flexibility index (Phi) is 1.98. The predicted molar refractivity (Wildman–Crippen MR) is 66.1 cm³/mol. The van der Waals surface area contributed by atoms with Crippen LogP contribution in [0.25, 0.3) is 0 Å². The molecular formula is C15H26O. The highest BCUT2D eigenvalue weighted by atomic mass is 16.3. The molecule has 1 N–H and O–H groups in total. The first-order valence-corrected chi connectivity index (χ1v) is 7.06. The van der Waals surface area contributed by atoms with Crippen molar-refractivity contribution in [1.29, 1.82) is 0 Å². The number of aliphatic hydroxyl groups is 1. The Labute approximate surface area is 99.6 Å². The molecule has 3 saturated carbocycles. The quantitative estimate of drug-likeness (QED) is 0.664. The van der Waals surface area contributed by atoms with Crippen molar-refractivity contribution < 1.29 is 5.11 Å². The summed E-state index contributed by atoms with van der Waals surface area (Å²) in [6, 6.07) is 0. The third-order valence-electron chi connectivity index (χ3n) is 6.82. The fourth-order valence-corrected chi connectivity index (χ4v) is 5.59. The van der Waals surface area contributed by atoms with Crippen LogP contribution in [0.4, 0.5) is 0 Å². The molecule has 0 aromatic rings. The van der Waals surface area contributed by atoms with Crippen molar-refractivity contribution in [1.82, 2.24) is 0 Å². The van der Waals surface area contributed by atoms with Gasteiger partial charge in [0.1, 0.15) is 0 Å². The zero-order chi connectivity index (χ0) is 11.8. The van der Waals surface area contributed by atoms with Crippen LogP contribution < -0.4 is 0 Å². The van der Waals surface area contributed by atoms with Gasteiger partial charge in [0.15, 0.2) is 0 Å². The summed E-state index contributed by atoms with van der Waals surface area (Å²) in [6.07, 6.45) is 5.91. The molecule has 0 aromatic carbocycles. The van der Waals surface area contributed by atoms with Crippen molar-refractivity contribution >= 4 is 0 Å². The molecule has 5 atom stereocenters. The Bertz CT molecular complexity index is 321. The summed E-state index contributed by atoms with van der Waals surface area (Å²) in [4.78, 5) is 0. The van der Waals surface area contributed by atoms with E-state index in [1.54, 1.807) is 0 Å². The second kappa shape index (κ2) is 2.85. The molecule has 3 aliphatic carbocycles. The van der Waals surface area contributed by atoms with Gasteiger partial charge in [0.25, 0.3) is 0 Å². The lowest BCUT2D eigenvalue weighted by atomic mass is 9.52. The van der Waals surface area contributed by atoms with E-state index >= 15 is 0 Å². The minimum Gasteiger partial charge on any atom is -0.389 e. The zero-order valence-electron chi connectivity index (χ0n) is 11.2. The average Bonchev–Trinajstić information content (AvgIpc) is 2.75. The molecule has 0 saturated heterocycles. The first kappa shape index (κ1) is 11.1. The van der Waals surface area contributed by atoms with Crippen molar-refractivity contribution in [3.8, 4) is 0 Å². The van der Waals surface area contributed by atoms with Crippen molar-refractivity contribution in [3.05, 3.63) is 0 Å². The summed E-state index contributed by atoms with van der Waals surface area (Å²) < 4.78 is 0. The molecule has 3 fully saturated rings. The molecule has 16 heavy (non-hydrogen) atoms. The largest absolute Gasteiger partial charge is 0.389 e. The van der Waals surface area contributed by atoms with Gasteiger partial charge < -0.3 is 5.11 Å². The van der Waals surface area contributed by atoms with Gasteiger partial charge in [-0.25, -0.2) is 0 Å². The monoisotopic (exact) mass is 222 g/mol. The summed E-state index contributed by atoms with van der Waals surface area (Å²) in [6.45, 7) is 9.60. The molecule has 0 unspecified atom stereocenters. The first-order chi connectivity index (χ1) is 7.34. The van der Waals surface area contributed by atoms with Gasteiger partial charge in [-0.15, -0.1) is 0 Å². The van der Waals surface area contributed by atoms with Crippen LogP contribution in [0, 0.1) is 28.6 Å². The Hall–Kier alpha value is -0.0400. The van der Waals surface area contributed by atoms with E-state index in [1.165, 1.54) is 19.3 Å². The molecule has 0 bridgehead atoms. The van der Waals surface area contributed by atoms with E-state index in [2.05, 4.69) is 27.7 Å². The average molecular weight is 222 g/mol. The van der Waals surface area contributed by atoms with Crippen molar-refractivity contribution in [2.24, 2.45) is 28.6 Å². The maximum absolute atomic E-state index is 11.0. The van der Waals surface area contributed by atoms with Crippen LogP contribution in [0.2, 0.25) is 0 Å². The van der Waals surface area contributed by atoms with Crippen LogP contribution in [0.5, 0.6) is 0 Å². The highest BCUT2D eigenvalue weighted by Gasteiger charge is 2.73. The lowest BCUT2D eigenvalue weighted by molar-refractivity contribution is -0.167. The second-order valence-electron chi connectivity index (χ2n) is 7.55. The lowest BCUT2D eigenvalue weighted by Gasteiger charge is -2.55. The molecule has 3 rings (SSSR count). The summed E-state index contributed by atoms with van der Waals surface area (Å²) in [5.41, 5.74) is 0.335. The number of hydrogen-bond acceptors (Lipinski definition) is 1. The molecule has 0 heterocycles. The zero-order valence-corrected chi connectivity index (χ0v) is 11.2.